The molecule has 6 heterocycles. The normalized spacial score (nSPS) is 11.5. The Bertz CT molecular complexity index is 4370. The summed E-state index contributed by atoms with van der Waals surface area (Å²) in [5.74, 6) is 4.37. The van der Waals surface area contributed by atoms with E-state index in [9.17, 15) is 0 Å². The molecule has 9 aromatic carbocycles. The number of pyridine rings is 1. The largest absolute Gasteiger partial charge is 0.416 e. The fourth-order valence-electron chi connectivity index (χ4n) is 10.6. The SMILES string of the molecule is c1ccc(-c2nc(-c3ccccc3)nc(-c3cccc(-n4c5ccccc5c5cc(-c6nnc(-c7ccc8c(c7)c7ccccc7n8-c7cccc(-c8nc(-c9ccccc9)nc(-c9cccnc9)n8)c7)o6)ccc54)c3)n2)cc1. The average molecular weight is 1020 g/mol. The smallest absolute Gasteiger partial charge is 0.248 e. The standard InChI is InChI=1S/C67H41N11O/c1-4-17-42(18-5-1)60-69-61(43-19-6-2-7-20-43)71-63(70-60)45-23-14-26-50(37-45)77-56-30-12-10-28-52(56)54-39-47(32-34-58(54)77)66-75-76-67(79-66)48-33-35-59-55(40-48)53-29-11-13-31-57(53)78(59)51-27-15-24-46(38-51)64-72-62(44-21-8-3-9-22-44)73-65(74-64)49-25-16-36-68-41-49/h1-41H. The van der Waals surface area contributed by atoms with Crippen LogP contribution in [0.25, 0.3) is 146 Å². The van der Waals surface area contributed by atoms with E-state index in [-0.39, 0.29) is 0 Å². The molecule has 12 heteroatoms. The van der Waals surface area contributed by atoms with Crippen LogP contribution >= 0.6 is 0 Å². The Hall–Kier alpha value is -11.1. The van der Waals surface area contributed by atoms with Crippen molar-refractivity contribution in [2.24, 2.45) is 0 Å². The topological polar surface area (TPSA) is 139 Å². The van der Waals surface area contributed by atoms with Gasteiger partial charge in [-0.15, -0.1) is 10.2 Å². The van der Waals surface area contributed by atoms with E-state index >= 15 is 0 Å². The van der Waals surface area contributed by atoms with Crippen LogP contribution in [0.2, 0.25) is 0 Å². The van der Waals surface area contributed by atoms with Crippen molar-refractivity contribution in [3.8, 4) is 103 Å². The van der Waals surface area contributed by atoms with Gasteiger partial charge in [0.15, 0.2) is 34.9 Å². The van der Waals surface area contributed by atoms with Crippen molar-refractivity contribution < 1.29 is 4.42 Å². The van der Waals surface area contributed by atoms with Crippen LogP contribution in [-0.4, -0.2) is 54.2 Å². The second kappa shape index (κ2) is 18.9. The van der Waals surface area contributed by atoms with E-state index in [4.69, 9.17) is 34.3 Å². The summed E-state index contributed by atoms with van der Waals surface area (Å²) in [5, 5.41) is 13.5. The molecular weight excluding hydrogens is 975 g/mol. The lowest BCUT2D eigenvalue weighted by atomic mass is 10.1. The summed E-state index contributed by atoms with van der Waals surface area (Å²) in [6.07, 6.45) is 3.52. The highest BCUT2D eigenvalue weighted by Crippen LogP contribution is 2.39. The zero-order valence-corrected chi connectivity index (χ0v) is 42.0. The number of fused-ring (bicyclic) bond motifs is 6. The molecule has 6 aromatic heterocycles. The lowest BCUT2D eigenvalue weighted by Gasteiger charge is -2.11. The zero-order valence-electron chi connectivity index (χ0n) is 42.0. The number of rotatable bonds is 10. The number of nitrogens with zero attached hydrogens (tertiary/aromatic N) is 11. The first kappa shape index (κ1) is 45.3. The lowest BCUT2D eigenvalue weighted by Crippen LogP contribution is -2.01. The maximum atomic E-state index is 6.58. The van der Waals surface area contributed by atoms with Crippen molar-refractivity contribution >= 4 is 43.6 Å². The highest BCUT2D eigenvalue weighted by Gasteiger charge is 2.21. The first-order valence-electron chi connectivity index (χ1n) is 25.8. The van der Waals surface area contributed by atoms with Gasteiger partial charge in [0.1, 0.15) is 0 Å². The van der Waals surface area contributed by atoms with E-state index in [2.05, 4.69) is 134 Å². The molecule has 15 rings (SSSR count). The summed E-state index contributed by atoms with van der Waals surface area (Å²) in [5.41, 5.74) is 13.0. The van der Waals surface area contributed by atoms with Gasteiger partial charge in [-0.2, -0.15) is 0 Å². The van der Waals surface area contributed by atoms with Crippen LogP contribution in [0.15, 0.2) is 253 Å². The van der Waals surface area contributed by atoms with Crippen LogP contribution in [-0.2, 0) is 0 Å². The average Bonchev–Trinajstić information content (AvgIpc) is 4.41. The summed E-state index contributed by atoms with van der Waals surface area (Å²) in [7, 11) is 0. The van der Waals surface area contributed by atoms with Gasteiger partial charge in [-0.05, 0) is 84.9 Å². The minimum absolute atomic E-state index is 0.424. The fourth-order valence-corrected chi connectivity index (χ4v) is 10.6. The molecule has 0 fully saturated rings. The second-order valence-electron chi connectivity index (χ2n) is 19.1. The summed E-state index contributed by atoms with van der Waals surface area (Å²) >= 11 is 0. The Labute approximate surface area is 451 Å². The lowest BCUT2D eigenvalue weighted by molar-refractivity contribution is 0.585. The third-order valence-corrected chi connectivity index (χ3v) is 14.3. The first-order chi connectivity index (χ1) is 39.1. The van der Waals surface area contributed by atoms with E-state index < -0.39 is 0 Å². The molecule has 0 aliphatic carbocycles. The predicted octanol–water partition coefficient (Wildman–Crippen LogP) is 15.4. The highest BCUT2D eigenvalue weighted by molar-refractivity contribution is 6.11. The van der Waals surface area contributed by atoms with Gasteiger partial charge in [0, 0.05) is 89.8 Å². The van der Waals surface area contributed by atoms with E-state index in [1.807, 2.05) is 127 Å². The number of benzene rings is 9. The summed E-state index contributed by atoms with van der Waals surface area (Å²) in [6.45, 7) is 0. The van der Waals surface area contributed by atoms with E-state index in [0.29, 0.717) is 46.7 Å². The van der Waals surface area contributed by atoms with Crippen molar-refractivity contribution in [3.05, 3.63) is 249 Å². The maximum absolute atomic E-state index is 6.58. The second-order valence-corrected chi connectivity index (χ2v) is 19.1. The fraction of sp³-hybridized carbons (Fsp3) is 0. The molecule has 370 valence electrons. The molecule has 12 nitrogen and oxygen atoms in total. The maximum Gasteiger partial charge on any atom is 0.248 e. The summed E-state index contributed by atoms with van der Waals surface area (Å²) in [6, 6.07) is 80.1. The van der Waals surface area contributed by atoms with Gasteiger partial charge >= 0.3 is 0 Å². The number of para-hydroxylation sites is 2. The Morgan fingerprint density at radius 3 is 1.06 bits per heavy atom. The molecule has 0 N–H and O–H groups in total. The Morgan fingerprint density at radius 1 is 0.266 bits per heavy atom. The van der Waals surface area contributed by atoms with Gasteiger partial charge in [0.05, 0.1) is 22.1 Å². The van der Waals surface area contributed by atoms with Crippen molar-refractivity contribution in [1.29, 1.82) is 0 Å². The van der Waals surface area contributed by atoms with Gasteiger partial charge in [-0.25, -0.2) is 29.9 Å². The molecule has 15 aromatic rings. The van der Waals surface area contributed by atoms with Crippen molar-refractivity contribution in [2.45, 2.75) is 0 Å². The molecule has 0 radical (unpaired) electrons. The molecule has 0 unspecified atom stereocenters. The molecule has 0 bridgehead atoms. The number of aromatic nitrogens is 11. The van der Waals surface area contributed by atoms with Crippen LogP contribution in [0, 0.1) is 0 Å². The highest BCUT2D eigenvalue weighted by atomic mass is 16.4. The van der Waals surface area contributed by atoms with Gasteiger partial charge < -0.3 is 13.6 Å². The van der Waals surface area contributed by atoms with Crippen LogP contribution in [0.1, 0.15) is 0 Å². The molecule has 0 atom stereocenters. The third-order valence-electron chi connectivity index (χ3n) is 14.3. The van der Waals surface area contributed by atoms with Crippen LogP contribution in [0.5, 0.6) is 0 Å². The van der Waals surface area contributed by atoms with Crippen molar-refractivity contribution in [1.82, 2.24) is 54.2 Å². The van der Waals surface area contributed by atoms with Gasteiger partial charge in [-0.1, -0.05) is 152 Å². The number of hydrogen-bond donors (Lipinski definition) is 0. The number of hydrogen-bond acceptors (Lipinski definition) is 10. The quantitative estimate of drug-likeness (QED) is 0.130. The van der Waals surface area contributed by atoms with E-state index in [0.717, 1.165) is 99.5 Å². The molecule has 0 aliphatic heterocycles. The van der Waals surface area contributed by atoms with Gasteiger partial charge in [-0.3, -0.25) is 4.98 Å². The Kier molecular flexibility index (Phi) is 10.8. The van der Waals surface area contributed by atoms with E-state index in [1.54, 1.807) is 12.4 Å². The molecular formula is C67H41N11O. The van der Waals surface area contributed by atoms with Crippen LogP contribution in [0.4, 0.5) is 0 Å². The third kappa shape index (κ3) is 8.15. The van der Waals surface area contributed by atoms with E-state index in [1.165, 1.54) is 0 Å². The predicted molar refractivity (Wildman–Crippen MR) is 311 cm³/mol. The van der Waals surface area contributed by atoms with Crippen molar-refractivity contribution in [2.75, 3.05) is 0 Å². The molecule has 0 spiro atoms. The van der Waals surface area contributed by atoms with Gasteiger partial charge in [0.2, 0.25) is 11.8 Å². The minimum Gasteiger partial charge on any atom is -0.416 e. The monoisotopic (exact) mass is 1020 g/mol. The summed E-state index contributed by atoms with van der Waals surface area (Å²) < 4.78 is 11.1. The minimum atomic E-state index is 0.424. The Morgan fingerprint density at radius 2 is 0.633 bits per heavy atom. The zero-order chi connectivity index (χ0) is 52.2. The molecule has 79 heavy (non-hydrogen) atoms. The van der Waals surface area contributed by atoms with Gasteiger partial charge in [0.25, 0.3) is 0 Å². The molecule has 0 amide bonds. The molecule has 0 saturated heterocycles. The first-order valence-corrected chi connectivity index (χ1v) is 25.8. The molecule has 0 aliphatic rings. The Balaban J connectivity index is 0.775. The summed E-state index contributed by atoms with van der Waals surface area (Å²) in [4.78, 5) is 34.2. The molecule has 0 saturated carbocycles. The van der Waals surface area contributed by atoms with Crippen LogP contribution in [0.3, 0.4) is 0 Å². The van der Waals surface area contributed by atoms with Crippen LogP contribution < -0.4 is 0 Å². The van der Waals surface area contributed by atoms with Crippen molar-refractivity contribution in [3.63, 3.8) is 0 Å².